The van der Waals surface area contributed by atoms with Crippen LogP contribution in [0.1, 0.15) is 12.5 Å². The Bertz CT molecular complexity index is 479. The summed E-state index contributed by atoms with van der Waals surface area (Å²) in [5.74, 6) is -2.16. The highest BCUT2D eigenvalue weighted by atomic mass is 19.1. The molecule has 1 aromatic carbocycles. The Hall–Kier alpha value is -2.13. The number of nitriles is 1. The molecule has 0 aliphatic heterocycles. The number of carboxylic acid groups (broad SMARTS) is 1. The first kappa shape index (κ1) is 12.9. The first-order valence-corrected chi connectivity index (χ1v) is 4.65. The van der Waals surface area contributed by atoms with Crippen LogP contribution < -0.4 is 4.74 Å². The first-order chi connectivity index (χ1) is 7.86. The van der Waals surface area contributed by atoms with E-state index in [4.69, 9.17) is 15.1 Å². The number of carboxylic acids is 1. The van der Waals surface area contributed by atoms with Crippen molar-refractivity contribution in [3.8, 4) is 11.8 Å². The molecule has 0 aromatic heterocycles. The molecule has 1 aromatic rings. The van der Waals surface area contributed by atoms with E-state index in [9.17, 15) is 14.3 Å². The molecule has 90 valence electrons. The highest BCUT2D eigenvalue weighted by molar-refractivity contribution is 5.76. The van der Waals surface area contributed by atoms with Crippen LogP contribution in [0.2, 0.25) is 0 Å². The highest BCUT2D eigenvalue weighted by Crippen LogP contribution is 2.17. The van der Waals surface area contributed by atoms with Crippen molar-refractivity contribution in [3.05, 3.63) is 29.6 Å². The summed E-state index contributed by atoms with van der Waals surface area (Å²) >= 11 is 0. The van der Waals surface area contributed by atoms with Gasteiger partial charge in [-0.1, -0.05) is 0 Å². The van der Waals surface area contributed by atoms with Crippen molar-refractivity contribution >= 4 is 5.97 Å². The summed E-state index contributed by atoms with van der Waals surface area (Å²) in [5.41, 5.74) is -2.19. The predicted octanol–water partition coefficient (Wildman–Crippen LogP) is 0.912. The minimum Gasteiger partial charge on any atom is -0.490 e. The van der Waals surface area contributed by atoms with E-state index in [1.165, 1.54) is 12.1 Å². The van der Waals surface area contributed by atoms with Gasteiger partial charge in [0.2, 0.25) is 0 Å². The number of halogens is 1. The zero-order valence-electron chi connectivity index (χ0n) is 8.98. The molecular weight excluding hydrogens is 229 g/mol. The van der Waals surface area contributed by atoms with E-state index < -0.39 is 24.0 Å². The van der Waals surface area contributed by atoms with Crippen LogP contribution in [0.3, 0.4) is 0 Å². The van der Waals surface area contributed by atoms with Crippen LogP contribution in [0.5, 0.6) is 5.75 Å². The average Bonchev–Trinajstić information content (AvgIpc) is 2.26. The van der Waals surface area contributed by atoms with Gasteiger partial charge in [0.25, 0.3) is 0 Å². The molecule has 1 atom stereocenters. The molecule has 5 nitrogen and oxygen atoms in total. The van der Waals surface area contributed by atoms with Gasteiger partial charge in [0.05, 0.1) is 5.56 Å². The third kappa shape index (κ3) is 3.16. The minimum absolute atomic E-state index is 0.0445. The summed E-state index contributed by atoms with van der Waals surface area (Å²) in [6, 6.07) is 5.12. The van der Waals surface area contributed by atoms with Crippen molar-refractivity contribution in [2.24, 2.45) is 0 Å². The van der Waals surface area contributed by atoms with Gasteiger partial charge in [-0.25, -0.2) is 9.18 Å². The van der Waals surface area contributed by atoms with Gasteiger partial charge >= 0.3 is 5.97 Å². The van der Waals surface area contributed by atoms with Crippen LogP contribution in [0.4, 0.5) is 4.39 Å². The summed E-state index contributed by atoms with van der Waals surface area (Å²) in [7, 11) is 0. The number of aliphatic carboxylic acids is 1. The van der Waals surface area contributed by atoms with Crippen LogP contribution in [0.15, 0.2) is 18.2 Å². The molecule has 0 aliphatic rings. The summed E-state index contributed by atoms with van der Waals surface area (Å²) in [5, 5.41) is 26.5. The van der Waals surface area contributed by atoms with Gasteiger partial charge in [0.15, 0.2) is 5.60 Å². The molecule has 2 N–H and O–H groups in total. The maximum atomic E-state index is 13.1. The summed E-state index contributed by atoms with van der Waals surface area (Å²) < 4.78 is 18.1. The summed E-state index contributed by atoms with van der Waals surface area (Å²) in [4.78, 5) is 10.6. The maximum absolute atomic E-state index is 13.1. The van der Waals surface area contributed by atoms with Crippen molar-refractivity contribution in [3.63, 3.8) is 0 Å². The monoisotopic (exact) mass is 239 g/mol. The minimum atomic E-state index is -2.05. The van der Waals surface area contributed by atoms with Crippen molar-refractivity contribution in [2.45, 2.75) is 12.5 Å². The van der Waals surface area contributed by atoms with E-state index in [0.717, 1.165) is 13.0 Å². The van der Waals surface area contributed by atoms with Gasteiger partial charge < -0.3 is 14.9 Å². The number of ether oxygens (including phenoxy) is 1. The quantitative estimate of drug-likeness (QED) is 0.815. The Morgan fingerprint density at radius 3 is 2.76 bits per heavy atom. The van der Waals surface area contributed by atoms with Gasteiger partial charge in [-0.2, -0.15) is 5.26 Å². The second-order valence-electron chi connectivity index (χ2n) is 3.62. The Kier molecular flexibility index (Phi) is 3.66. The molecule has 0 heterocycles. The lowest BCUT2D eigenvalue weighted by Crippen LogP contribution is -2.41. The second kappa shape index (κ2) is 4.80. The molecule has 0 aliphatic carbocycles. The zero-order chi connectivity index (χ0) is 13.1. The van der Waals surface area contributed by atoms with Gasteiger partial charge in [0.1, 0.15) is 24.2 Å². The molecule has 0 spiro atoms. The molecule has 0 saturated carbocycles. The number of hydrogen-bond acceptors (Lipinski definition) is 4. The summed E-state index contributed by atoms with van der Waals surface area (Å²) in [6.07, 6.45) is 0. The standard InChI is InChI=1S/C11H10FNO4/c1-11(16,10(14)15)6-17-8-3-2-7(5-13)9(12)4-8/h2-4,16H,6H2,1H3,(H,14,15)/t11-/m0/s1. The molecule has 6 heteroatoms. The van der Waals surface area contributed by atoms with Crippen molar-refractivity contribution in [2.75, 3.05) is 6.61 Å². The largest absolute Gasteiger partial charge is 0.490 e. The molecule has 0 amide bonds. The van der Waals surface area contributed by atoms with Crippen LogP contribution in [0, 0.1) is 17.1 Å². The van der Waals surface area contributed by atoms with Crippen LogP contribution in [-0.2, 0) is 4.79 Å². The van der Waals surface area contributed by atoms with Crippen molar-refractivity contribution in [1.29, 1.82) is 5.26 Å². The zero-order valence-corrected chi connectivity index (χ0v) is 8.98. The summed E-state index contributed by atoms with van der Waals surface area (Å²) in [6.45, 7) is 0.545. The van der Waals surface area contributed by atoms with Gasteiger partial charge in [-0.3, -0.25) is 0 Å². The molecule has 0 saturated heterocycles. The fourth-order valence-corrected chi connectivity index (χ4v) is 0.962. The van der Waals surface area contributed by atoms with E-state index in [2.05, 4.69) is 0 Å². The highest BCUT2D eigenvalue weighted by Gasteiger charge is 2.30. The van der Waals surface area contributed by atoms with E-state index in [-0.39, 0.29) is 11.3 Å². The van der Waals surface area contributed by atoms with E-state index >= 15 is 0 Å². The van der Waals surface area contributed by atoms with Crippen LogP contribution in [0.25, 0.3) is 0 Å². The second-order valence-corrected chi connectivity index (χ2v) is 3.62. The normalized spacial score (nSPS) is 13.5. The molecule has 0 fully saturated rings. The third-order valence-electron chi connectivity index (χ3n) is 2.04. The van der Waals surface area contributed by atoms with E-state index in [1.54, 1.807) is 6.07 Å². The first-order valence-electron chi connectivity index (χ1n) is 4.65. The average molecular weight is 239 g/mol. The van der Waals surface area contributed by atoms with Crippen LogP contribution >= 0.6 is 0 Å². The number of aliphatic hydroxyl groups is 1. The van der Waals surface area contributed by atoms with E-state index in [0.29, 0.717) is 0 Å². The molecule has 0 radical (unpaired) electrons. The Morgan fingerprint density at radius 1 is 1.65 bits per heavy atom. The number of nitrogens with zero attached hydrogens (tertiary/aromatic N) is 1. The fourth-order valence-electron chi connectivity index (χ4n) is 0.962. The Morgan fingerprint density at radius 2 is 2.29 bits per heavy atom. The number of benzene rings is 1. The lowest BCUT2D eigenvalue weighted by Gasteiger charge is -2.18. The van der Waals surface area contributed by atoms with Crippen LogP contribution in [-0.4, -0.2) is 28.4 Å². The SMILES string of the molecule is C[C@](O)(COc1ccc(C#N)c(F)c1)C(=O)O. The molecule has 0 bridgehead atoms. The molecular formula is C11H10FNO4. The predicted molar refractivity (Wildman–Crippen MR) is 54.9 cm³/mol. The van der Waals surface area contributed by atoms with Gasteiger partial charge in [-0.05, 0) is 19.1 Å². The Labute approximate surface area is 96.7 Å². The van der Waals surface area contributed by atoms with Gasteiger partial charge in [-0.15, -0.1) is 0 Å². The number of carbonyl (C=O) groups is 1. The van der Waals surface area contributed by atoms with E-state index in [1.807, 2.05) is 0 Å². The molecule has 1 rings (SSSR count). The fraction of sp³-hybridized carbons (Fsp3) is 0.273. The van der Waals surface area contributed by atoms with Gasteiger partial charge in [0, 0.05) is 6.07 Å². The lowest BCUT2D eigenvalue weighted by molar-refractivity contribution is -0.159. The smallest absolute Gasteiger partial charge is 0.339 e. The number of rotatable bonds is 4. The maximum Gasteiger partial charge on any atom is 0.339 e. The third-order valence-corrected chi connectivity index (χ3v) is 2.04. The van der Waals surface area contributed by atoms with Crippen molar-refractivity contribution < 1.29 is 24.1 Å². The molecule has 0 unspecified atom stereocenters. The molecule has 17 heavy (non-hydrogen) atoms. The van der Waals surface area contributed by atoms with Crippen molar-refractivity contribution in [1.82, 2.24) is 0 Å². The Balaban J connectivity index is 2.75. The number of hydrogen-bond donors (Lipinski definition) is 2. The lowest BCUT2D eigenvalue weighted by atomic mass is 10.1. The topological polar surface area (TPSA) is 90.5 Å².